The SMILES string of the molecule is NC(=O)C(Cc1ccccc1)NC(=O)c1cc2cc(Cl)ccc2[nH]1. The molecule has 3 rings (SSSR count). The molecule has 0 radical (unpaired) electrons. The van der Waals surface area contributed by atoms with E-state index in [1.165, 1.54) is 0 Å². The van der Waals surface area contributed by atoms with Gasteiger partial charge in [-0.15, -0.1) is 0 Å². The Morgan fingerprint density at radius 2 is 1.88 bits per heavy atom. The fourth-order valence-corrected chi connectivity index (χ4v) is 2.71. The van der Waals surface area contributed by atoms with Crippen LogP contribution in [-0.4, -0.2) is 22.8 Å². The van der Waals surface area contributed by atoms with Gasteiger partial charge in [0.1, 0.15) is 11.7 Å². The highest BCUT2D eigenvalue weighted by Gasteiger charge is 2.20. The van der Waals surface area contributed by atoms with Crippen molar-refractivity contribution in [2.45, 2.75) is 12.5 Å². The van der Waals surface area contributed by atoms with Crippen molar-refractivity contribution >= 4 is 34.3 Å². The average Bonchev–Trinajstić information content (AvgIpc) is 2.98. The third kappa shape index (κ3) is 3.58. The number of nitrogens with one attached hydrogen (secondary N) is 2. The maximum atomic E-state index is 12.4. The van der Waals surface area contributed by atoms with Crippen molar-refractivity contribution in [3.8, 4) is 0 Å². The second kappa shape index (κ2) is 6.76. The number of amides is 2. The monoisotopic (exact) mass is 341 g/mol. The molecule has 1 unspecified atom stereocenters. The van der Waals surface area contributed by atoms with Gasteiger partial charge in [0.15, 0.2) is 0 Å². The highest BCUT2D eigenvalue weighted by atomic mass is 35.5. The maximum Gasteiger partial charge on any atom is 0.268 e. The normalized spacial score (nSPS) is 12.0. The van der Waals surface area contributed by atoms with Gasteiger partial charge in [-0.25, -0.2) is 0 Å². The Labute approximate surface area is 143 Å². The molecule has 0 spiro atoms. The van der Waals surface area contributed by atoms with Gasteiger partial charge in [0, 0.05) is 22.3 Å². The summed E-state index contributed by atoms with van der Waals surface area (Å²) < 4.78 is 0. The topological polar surface area (TPSA) is 88.0 Å². The van der Waals surface area contributed by atoms with E-state index < -0.39 is 11.9 Å². The summed E-state index contributed by atoms with van der Waals surface area (Å²) in [5, 5.41) is 4.09. The summed E-state index contributed by atoms with van der Waals surface area (Å²) >= 11 is 5.95. The number of aromatic amines is 1. The molecule has 0 aliphatic rings. The number of fused-ring (bicyclic) bond motifs is 1. The summed E-state index contributed by atoms with van der Waals surface area (Å²) in [5.74, 6) is -0.964. The van der Waals surface area contributed by atoms with E-state index in [9.17, 15) is 9.59 Å². The fourth-order valence-electron chi connectivity index (χ4n) is 2.53. The molecule has 1 atom stereocenters. The summed E-state index contributed by atoms with van der Waals surface area (Å²) in [6.07, 6.45) is 0.341. The highest BCUT2D eigenvalue weighted by Crippen LogP contribution is 2.20. The predicted octanol–water partition coefficient (Wildman–Crippen LogP) is 2.65. The van der Waals surface area contributed by atoms with Crippen molar-refractivity contribution in [2.24, 2.45) is 5.73 Å². The van der Waals surface area contributed by atoms with Crippen LogP contribution in [0.4, 0.5) is 0 Å². The number of hydrogen-bond donors (Lipinski definition) is 3. The fraction of sp³-hybridized carbons (Fsp3) is 0.111. The van der Waals surface area contributed by atoms with Crippen LogP contribution in [0.5, 0.6) is 0 Å². The zero-order chi connectivity index (χ0) is 17.1. The Morgan fingerprint density at radius 1 is 1.12 bits per heavy atom. The maximum absolute atomic E-state index is 12.4. The van der Waals surface area contributed by atoms with Gasteiger partial charge in [0.05, 0.1) is 0 Å². The number of H-pyrrole nitrogens is 1. The van der Waals surface area contributed by atoms with Crippen molar-refractivity contribution in [3.05, 3.63) is 70.9 Å². The first-order valence-electron chi connectivity index (χ1n) is 7.45. The highest BCUT2D eigenvalue weighted by molar-refractivity contribution is 6.31. The molecule has 5 nitrogen and oxygen atoms in total. The van der Waals surface area contributed by atoms with Gasteiger partial charge in [0.25, 0.3) is 5.91 Å². The number of rotatable bonds is 5. The van der Waals surface area contributed by atoms with Gasteiger partial charge < -0.3 is 16.0 Å². The lowest BCUT2D eigenvalue weighted by Gasteiger charge is -2.15. The molecule has 24 heavy (non-hydrogen) atoms. The molecular formula is C18H16ClN3O2. The smallest absolute Gasteiger partial charge is 0.268 e. The summed E-state index contributed by atoms with van der Waals surface area (Å²) in [4.78, 5) is 27.1. The standard InChI is InChI=1S/C18H16ClN3O2/c19-13-6-7-14-12(9-13)10-16(21-14)18(24)22-15(17(20)23)8-11-4-2-1-3-5-11/h1-7,9-10,15,21H,8H2,(H2,20,23)(H,22,24). The number of carbonyl (C=O) groups is 2. The minimum Gasteiger partial charge on any atom is -0.368 e. The molecule has 6 heteroatoms. The molecule has 1 aromatic heterocycles. The number of carbonyl (C=O) groups excluding carboxylic acids is 2. The molecule has 0 saturated carbocycles. The zero-order valence-corrected chi connectivity index (χ0v) is 13.5. The van der Waals surface area contributed by atoms with Crippen molar-refractivity contribution in [3.63, 3.8) is 0 Å². The molecule has 0 fully saturated rings. The Hall–Kier alpha value is -2.79. The lowest BCUT2D eigenvalue weighted by molar-refractivity contribution is -0.119. The van der Waals surface area contributed by atoms with Gasteiger partial charge in [-0.3, -0.25) is 9.59 Å². The van der Waals surface area contributed by atoms with Crippen LogP contribution in [0.2, 0.25) is 5.02 Å². The first-order chi connectivity index (χ1) is 11.5. The molecule has 0 saturated heterocycles. The molecule has 3 aromatic rings. The molecule has 122 valence electrons. The Balaban J connectivity index is 1.78. The van der Waals surface area contributed by atoms with Crippen molar-refractivity contribution in [1.82, 2.24) is 10.3 Å². The van der Waals surface area contributed by atoms with Gasteiger partial charge in [0.2, 0.25) is 5.91 Å². The number of nitrogens with two attached hydrogens (primary N) is 1. The summed E-state index contributed by atoms with van der Waals surface area (Å²) in [6, 6.07) is 15.6. The van der Waals surface area contributed by atoms with E-state index in [0.717, 1.165) is 16.5 Å². The number of primary amides is 1. The molecule has 4 N–H and O–H groups in total. The van der Waals surface area contributed by atoms with Crippen LogP contribution >= 0.6 is 11.6 Å². The first kappa shape index (κ1) is 16.1. The van der Waals surface area contributed by atoms with E-state index in [2.05, 4.69) is 10.3 Å². The van der Waals surface area contributed by atoms with Crippen LogP contribution in [0.3, 0.4) is 0 Å². The van der Waals surface area contributed by atoms with Gasteiger partial charge in [-0.2, -0.15) is 0 Å². The van der Waals surface area contributed by atoms with Crippen LogP contribution < -0.4 is 11.1 Å². The van der Waals surface area contributed by atoms with Crippen LogP contribution in [0.25, 0.3) is 10.9 Å². The summed E-state index contributed by atoms with van der Waals surface area (Å²) in [7, 11) is 0. The number of hydrogen-bond acceptors (Lipinski definition) is 2. The molecule has 0 aliphatic heterocycles. The van der Waals surface area contributed by atoms with Crippen molar-refractivity contribution < 1.29 is 9.59 Å². The first-order valence-corrected chi connectivity index (χ1v) is 7.83. The summed E-state index contributed by atoms with van der Waals surface area (Å²) in [5.41, 5.74) is 7.49. The molecule has 2 aromatic carbocycles. The number of aromatic nitrogens is 1. The van der Waals surface area contributed by atoms with Gasteiger partial charge >= 0.3 is 0 Å². The van der Waals surface area contributed by atoms with Gasteiger partial charge in [-0.1, -0.05) is 41.9 Å². The number of benzene rings is 2. The third-order valence-electron chi connectivity index (χ3n) is 3.76. The van der Waals surface area contributed by atoms with Crippen LogP contribution in [0.1, 0.15) is 16.1 Å². The van der Waals surface area contributed by atoms with Crippen LogP contribution in [0.15, 0.2) is 54.6 Å². The second-order valence-corrected chi connectivity index (χ2v) is 5.97. The van der Waals surface area contributed by atoms with Crippen molar-refractivity contribution in [2.75, 3.05) is 0 Å². The minimum atomic E-state index is -0.782. The van der Waals surface area contributed by atoms with E-state index in [1.54, 1.807) is 24.3 Å². The Kier molecular flexibility index (Phi) is 4.53. The van der Waals surface area contributed by atoms with E-state index in [0.29, 0.717) is 17.1 Å². The van der Waals surface area contributed by atoms with Crippen molar-refractivity contribution in [1.29, 1.82) is 0 Å². The minimum absolute atomic E-state index is 0.341. The van der Waals surface area contributed by atoms with E-state index in [4.69, 9.17) is 17.3 Å². The van der Waals surface area contributed by atoms with E-state index >= 15 is 0 Å². The molecule has 0 aliphatic carbocycles. The lowest BCUT2D eigenvalue weighted by atomic mass is 10.1. The van der Waals surface area contributed by atoms with Crippen LogP contribution in [-0.2, 0) is 11.2 Å². The zero-order valence-electron chi connectivity index (χ0n) is 12.8. The quantitative estimate of drug-likeness (QED) is 0.666. The molecule has 0 bridgehead atoms. The molecular weight excluding hydrogens is 326 g/mol. The third-order valence-corrected chi connectivity index (χ3v) is 3.99. The lowest BCUT2D eigenvalue weighted by Crippen LogP contribution is -2.45. The number of halogens is 1. The van der Waals surface area contributed by atoms with Crippen LogP contribution in [0, 0.1) is 0 Å². The summed E-state index contributed by atoms with van der Waals surface area (Å²) in [6.45, 7) is 0. The second-order valence-electron chi connectivity index (χ2n) is 5.53. The Morgan fingerprint density at radius 3 is 2.58 bits per heavy atom. The van der Waals surface area contributed by atoms with Gasteiger partial charge in [-0.05, 0) is 29.8 Å². The van der Waals surface area contributed by atoms with E-state index in [-0.39, 0.29) is 5.91 Å². The average molecular weight is 342 g/mol. The molecule has 1 heterocycles. The van der Waals surface area contributed by atoms with E-state index in [1.807, 2.05) is 30.3 Å². The largest absolute Gasteiger partial charge is 0.368 e. The Bertz CT molecular complexity index is 890. The molecule has 2 amide bonds. The predicted molar refractivity (Wildman–Crippen MR) is 93.9 cm³/mol.